The molecule has 1 aromatic carbocycles. The summed E-state index contributed by atoms with van der Waals surface area (Å²) >= 11 is 1.26. The summed E-state index contributed by atoms with van der Waals surface area (Å²) < 4.78 is 10.1. The predicted molar refractivity (Wildman–Crippen MR) is 92.7 cm³/mol. The number of ether oxygens (including phenoxy) is 2. The third kappa shape index (κ3) is 3.94. The van der Waals surface area contributed by atoms with Crippen LogP contribution >= 0.6 is 11.3 Å². The van der Waals surface area contributed by atoms with Gasteiger partial charge in [0.25, 0.3) is 0 Å². The van der Waals surface area contributed by atoms with Gasteiger partial charge in [0.15, 0.2) is 0 Å². The van der Waals surface area contributed by atoms with Gasteiger partial charge in [-0.05, 0) is 24.3 Å². The van der Waals surface area contributed by atoms with Gasteiger partial charge in [0, 0.05) is 25.8 Å². The number of carbonyl (C=O) groups is 2. The monoisotopic (exact) mass is 362 g/mol. The van der Waals surface area contributed by atoms with Crippen molar-refractivity contribution in [1.29, 1.82) is 0 Å². The molecular weight excluding hydrogens is 344 g/mol. The number of carbonyl (C=O) groups excluding carboxylic acids is 2. The van der Waals surface area contributed by atoms with Gasteiger partial charge in [-0.3, -0.25) is 9.59 Å². The quantitative estimate of drug-likeness (QED) is 0.840. The summed E-state index contributed by atoms with van der Waals surface area (Å²) in [5.41, 5.74) is 0.749. The normalized spacial score (nSPS) is 17.0. The largest absolute Gasteiger partial charge is 0.497 e. The SMILES string of the molecule is COCc1nnc(NC(=O)[C@@H]2CC(=O)N(c3ccc(OC)cc3)C2)s1. The van der Waals surface area contributed by atoms with E-state index in [0.29, 0.717) is 29.0 Å². The summed E-state index contributed by atoms with van der Waals surface area (Å²) in [6.07, 6.45) is 0.168. The fourth-order valence-corrected chi connectivity index (χ4v) is 3.30. The van der Waals surface area contributed by atoms with Gasteiger partial charge < -0.3 is 19.7 Å². The lowest BCUT2D eigenvalue weighted by Gasteiger charge is -2.16. The molecule has 2 amide bonds. The third-order valence-electron chi connectivity index (χ3n) is 3.84. The molecule has 2 heterocycles. The van der Waals surface area contributed by atoms with Gasteiger partial charge in [0.2, 0.25) is 16.9 Å². The average Bonchev–Trinajstić information content (AvgIpc) is 3.22. The lowest BCUT2D eigenvalue weighted by Crippen LogP contribution is -2.28. The highest BCUT2D eigenvalue weighted by atomic mass is 32.1. The Morgan fingerprint density at radius 3 is 2.76 bits per heavy atom. The minimum atomic E-state index is -0.427. The Hall–Kier alpha value is -2.52. The Balaban J connectivity index is 1.63. The summed E-state index contributed by atoms with van der Waals surface area (Å²) in [7, 11) is 3.15. The van der Waals surface area contributed by atoms with Crippen molar-refractivity contribution < 1.29 is 19.1 Å². The van der Waals surface area contributed by atoms with Crippen LogP contribution in [0.25, 0.3) is 0 Å². The average molecular weight is 362 g/mol. The molecule has 0 spiro atoms. The van der Waals surface area contributed by atoms with Crippen LogP contribution in [-0.4, -0.2) is 42.8 Å². The van der Waals surface area contributed by atoms with Crippen LogP contribution in [0.3, 0.4) is 0 Å². The second-order valence-electron chi connectivity index (χ2n) is 5.53. The van der Waals surface area contributed by atoms with E-state index in [-0.39, 0.29) is 18.2 Å². The van der Waals surface area contributed by atoms with Crippen molar-refractivity contribution in [3.8, 4) is 5.75 Å². The number of rotatable bonds is 6. The molecule has 25 heavy (non-hydrogen) atoms. The number of anilines is 2. The van der Waals surface area contributed by atoms with Crippen molar-refractivity contribution >= 4 is 34.0 Å². The van der Waals surface area contributed by atoms with Crippen LogP contribution in [0.4, 0.5) is 10.8 Å². The number of hydrogen-bond acceptors (Lipinski definition) is 7. The lowest BCUT2D eigenvalue weighted by atomic mass is 10.1. The van der Waals surface area contributed by atoms with Crippen molar-refractivity contribution in [1.82, 2.24) is 10.2 Å². The van der Waals surface area contributed by atoms with Crippen LogP contribution in [0.5, 0.6) is 5.75 Å². The molecule has 0 aliphatic carbocycles. The molecule has 0 saturated carbocycles. The van der Waals surface area contributed by atoms with Gasteiger partial charge in [-0.2, -0.15) is 0 Å². The molecule has 0 bridgehead atoms. The molecule has 9 heteroatoms. The number of nitrogens with one attached hydrogen (secondary N) is 1. The van der Waals surface area contributed by atoms with Crippen LogP contribution in [0, 0.1) is 5.92 Å². The standard InChI is InChI=1S/C16H18N4O4S/c1-23-9-13-18-19-16(25-13)17-15(22)10-7-14(21)20(8-10)11-3-5-12(24-2)6-4-11/h3-6,10H,7-9H2,1-2H3,(H,17,19,22)/t10-/m1/s1. The second-order valence-corrected chi connectivity index (χ2v) is 6.59. The fraction of sp³-hybridized carbons (Fsp3) is 0.375. The first-order valence-electron chi connectivity index (χ1n) is 7.67. The van der Waals surface area contributed by atoms with Crippen LogP contribution in [0.15, 0.2) is 24.3 Å². The Morgan fingerprint density at radius 2 is 2.08 bits per heavy atom. The topological polar surface area (TPSA) is 93.7 Å². The molecular formula is C16H18N4O4S. The Kier molecular flexibility index (Phi) is 5.25. The van der Waals surface area contributed by atoms with Crippen LogP contribution in [0.1, 0.15) is 11.4 Å². The van der Waals surface area contributed by atoms with Gasteiger partial charge in [-0.1, -0.05) is 11.3 Å². The zero-order chi connectivity index (χ0) is 17.8. The summed E-state index contributed by atoms with van der Waals surface area (Å²) in [6.45, 7) is 0.682. The van der Waals surface area contributed by atoms with Gasteiger partial charge in [0.1, 0.15) is 17.4 Å². The molecule has 0 radical (unpaired) electrons. The summed E-state index contributed by atoms with van der Waals surface area (Å²) in [5.74, 6) is -0.0238. The molecule has 8 nitrogen and oxygen atoms in total. The number of methoxy groups -OCH3 is 2. The fourth-order valence-electron chi connectivity index (χ4n) is 2.59. The van der Waals surface area contributed by atoms with E-state index in [1.165, 1.54) is 11.3 Å². The first-order valence-corrected chi connectivity index (χ1v) is 8.49. The van der Waals surface area contributed by atoms with E-state index in [4.69, 9.17) is 9.47 Å². The number of hydrogen-bond donors (Lipinski definition) is 1. The van der Waals surface area contributed by atoms with E-state index >= 15 is 0 Å². The van der Waals surface area contributed by atoms with Crippen molar-refractivity contribution in [3.63, 3.8) is 0 Å². The van der Waals surface area contributed by atoms with Crippen molar-refractivity contribution in [3.05, 3.63) is 29.3 Å². The summed E-state index contributed by atoms with van der Waals surface area (Å²) in [4.78, 5) is 26.3. The minimum Gasteiger partial charge on any atom is -0.497 e. The third-order valence-corrected chi connectivity index (χ3v) is 4.66. The molecule has 1 aliphatic rings. The number of amides is 2. The minimum absolute atomic E-state index is 0.0809. The summed E-state index contributed by atoms with van der Waals surface area (Å²) in [6, 6.07) is 7.18. The molecule has 2 aromatic rings. The highest BCUT2D eigenvalue weighted by molar-refractivity contribution is 7.15. The zero-order valence-electron chi connectivity index (χ0n) is 13.9. The van der Waals surface area contributed by atoms with E-state index < -0.39 is 5.92 Å². The van der Waals surface area contributed by atoms with Gasteiger partial charge in [0.05, 0.1) is 13.0 Å². The Labute approximate surface area is 148 Å². The maximum Gasteiger partial charge on any atom is 0.231 e. The van der Waals surface area contributed by atoms with Crippen LogP contribution in [0.2, 0.25) is 0 Å². The Bertz CT molecular complexity index is 762. The molecule has 1 saturated heterocycles. The second kappa shape index (κ2) is 7.58. The highest BCUT2D eigenvalue weighted by Crippen LogP contribution is 2.28. The molecule has 1 aliphatic heterocycles. The van der Waals surface area contributed by atoms with Crippen molar-refractivity contribution in [2.75, 3.05) is 31.0 Å². The van der Waals surface area contributed by atoms with E-state index in [1.807, 2.05) is 0 Å². The van der Waals surface area contributed by atoms with Crippen LogP contribution < -0.4 is 15.0 Å². The van der Waals surface area contributed by atoms with Crippen LogP contribution in [-0.2, 0) is 20.9 Å². The smallest absolute Gasteiger partial charge is 0.231 e. The zero-order valence-corrected chi connectivity index (χ0v) is 14.7. The molecule has 1 atom stereocenters. The molecule has 0 unspecified atom stereocenters. The van der Waals surface area contributed by atoms with Gasteiger partial charge >= 0.3 is 0 Å². The van der Waals surface area contributed by atoms with Gasteiger partial charge in [-0.15, -0.1) is 10.2 Å². The van der Waals surface area contributed by atoms with E-state index in [0.717, 1.165) is 5.69 Å². The van der Waals surface area contributed by atoms with E-state index in [2.05, 4.69) is 15.5 Å². The summed E-state index contributed by atoms with van der Waals surface area (Å²) in [5, 5.41) is 11.6. The number of aromatic nitrogens is 2. The molecule has 1 aromatic heterocycles. The maximum atomic E-state index is 12.4. The van der Waals surface area contributed by atoms with Gasteiger partial charge in [-0.25, -0.2) is 0 Å². The number of nitrogens with zero attached hydrogens (tertiary/aromatic N) is 3. The van der Waals surface area contributed by atoms with Crippen molar-refractivity contribution in [2.45, 2.75) is 13.0 Å². The first-order chi connectivity index (χ1) is 12.1. The molecule has 3 rings (SSSR count). The highest BCUT2D eigenvalue weighted by Gasteiger charge is 2.35. The maximum absolute atomic E-state index is 12.4. The molecule has 1 N–H and O–H groups in total. The number of benzene rings is 1. The molecule has 132 valence electrons. The van der Waals surface area contributed by atoms with Crippen molar-refractivity contribution in [2.24, 2.45) is 5.92 Å². The Morgan fingerprint density at radius 1 is 1.32 bits per heavy atom. The first kappa shape index (κ1) is 17.3. The lowest BCUT2D eigenvalue weighted by molar-refractivity contribution is -0.122. The van der Waals surface area contributed by atoms with E-state index in [1.54, 1.807) is 43.4 Å². The molecule has 1 fully saturated rings. The van der Waals surface area contributed by atoms with E-state index in [9.17, 15) is 9.59 Å². The predicted octanol–water partition coefficient (Wildman–Crippen LogP) is 1.68.